The lowest BCUT2D eigenvalue weighted by molar-refractivity contribution is -0.122. The van der Waals surface area contributed by atoms with E-state index in [1.165, 1.54) is 0 Å². The molecule has 4 heteroatoms. The first-order valence-corrected chi connectivity index (χ1v) is 5.72. The predicted octanol–water partition coefficient (Wildman–Crippen LogP) is 1.23. The van der Waals surface area contributed by atoms with Gasteiger partial charge >= 0.3 is 0 Å². The Labute approximate surface area is 102 Å². The highest BCUT2D eigenvalue weighted by Gasteiger charge is 2.13. The first kappa shape index (κ1) is 13.7. The summed E-state index contributed by atoms with van der Waals surface area (Å²) in [7, 11) is 1.61. The SMILES string of the molecule is COCC(C)NC(=O)CC(N)c1ccccc1. The molecule has 4 nitrogen and oxygen atoms in total. The Balaban J connectivity index is 2.41. The van der Waals surface area contributed by atoms with E-state index in [1.807, 2.05) is 37.3 Å². The molecule has 17 heavy (non-hydrogen) atoms. The van der Waals surface area contributed by atoms with Gasteiger partial charge in [-0.15, -0.1) is 0 Å². The summed E-state index contributed by atoms with van der Waals surface area (Å²) in [5, 5.41) is 2.84. The largest absolute Gasteiger partial charge is 0.383 e. The van der Waals surface area contributed by atoms with Crippen molar-refractivity contribution in [2.24, 2.45) is 5.73 Å². The van der Waals surface area contributed by atoms with Gasteiger partial charge in [-0.2, -0.15) is 0 Å². The van der Waals surface area contributed by atoms with Crippen molar-refractivity contribution in [1.82, 2.24) is 5.32 Å². The Bertz CT molecular complexity index is 341. The van der Waals surface area contributed by atoms with Gasteiger partial charge in [-0.1, -0.05) is 30.3 Å². The minimum absolute atomic E-state index is 0.00970. The van der Waals surface area contributed by atoms with E-state index >= 15 is 0 Å². The molecule has 0 spiro atoms. The van der Waals surface area contributed by atoms with Crippen molar-refractivity contribution in [2.75, 3.05) is 13.7 Å². The zero-order chi connectivity index (χ0) is 12.7. The van der Waals surface area contributed by atoms with Crippen LogP contribution < -0.4 is 11.1 Å². The number of nitrogens with two attached hydrogens (primary N) is 1. The minimum Gasteiger partial charge on any atom is -0.383 e. The predicted molar refractivity (Wildman–Crippen MR) is 67.5 cm³/mol. The second kappa shape index (κ2) is 7.04. The van der Waals surface area contributed by atoms with E-state index in [-0.39, 0.29) is 24.4 Å². The van der Waals surface area contributed by atoms with Gasteiger partial charge in [0.15, 0.2) is 0 Å². The second-order valence-corrected chi connectivity index (χ2v) is 4.15. The molecule has 0 aliphatic rings. The average Bonchev–Trinajstić information content (AvgIpc) is 2.30. The normalized spacial score (nSPS) is 14.1. The summed E-state index contributed by atoms with van der Waals surface area (Å²) < 4.78 is 4.95. The van der Waals surface area contributed by atoms with Crippen LogP contribution in [0.4, 0.5) is 0 Å². The second-order valence-electron chi connectivity index (χ2n) is 4.15. The molecule has 3 N–H and O–H groups in total. The number of methoxy groups -OCH3 is 1. The minimum atomic E-state index is -0.258. The molecule has 1 aromatic rings. The zero-order valence-corrected chi connectivity index (χ0v) is 10.3. The molecular weight excluding hydrogens is 216 g/mol. The standard InChI is InChI=1S/C13H20N2O2/c1-10(9-17-2)15-13(16)8-12(14)11-6-4-3-5-7-11/h3-7,10,12H,8-9,14H2,1-2H3,(H,15,16). The first-order valence-electron chi connectivity index (χ1n) is 5.72. The average molecular weight is 236 g/mol. The monoisotopic (exact) mass is 236 g/mol. The van der Waals surface area contributed by atoms with Crippen LogP contribution in [0.3, 0.4) is 0 Å². The van der Waals surface area contributed by atoms with Crippen molar-refractivity contribution >= 4 is 5.91 Å². The molecule has 0 saturated heterocycles. The van der Waals surface area contributed by atoms with Gasteiger partial charge in [0.25, 0.3) is 0 Å². The first-order chi connectivity index (χ1) is 8.13. The number of rotatable bonds is 6. The highest BCUT2D eigenvalue weighted by Crippen LogP contribution is 2.12. The van der Waals surface area contributed by atoms with Crippen LogP contribution in [0.1, 0.15) is 24.9 Å². The molecule has 0 aliphatic carbocycles. The van der Waals surface area contributed by atoms with Crippen LogP contribution in [0.2, 0.25) is 0 Å². The van der Waals surface area contributed by atoms with Crippen LogP contribution in [0.5, 0.6) is 0 Å². The van der Waals surface area contributed by atoms with Crippen LogP contribution >= 0.6 is 0 Å². The summed E-state index contributed by atoms with van der Waals surface area (Å²) in [5.41, 5.74) is 6.93. The summed E-state index contributed by atoms with van der Waals surface area (Å²) in [4.78, 5) is 11.7. The molecule has 2 atom stereocenters. The highest BCUT2D eigenvalue weighted by molar-refractivity contribution is 5.77. The van der Waals surface area contributed by atoms with Crippen LogP contribution in [0, 0.1) is 0 Å². The maximum Gasteiger partial charge on any atom is 0.222 e. The molecule has 0 aliphatic heterocycles. The number of ether oxygens (including phenoxy) is 1. The molecule has 1 amide bonds. The third kappa shape index (κ3) is 4.97. The smallest absolute Gasteiger partial charge is 0.222 e. The van der Waals surface area contributed by atoms with Gasteiger partial charge in [0.2, 0.25) is 5.91 Å². The van der Waals surface area contributed by atoms with Crippen molar-refractivity contribution in [2.45, 2.75) is 25.4 Å². The third-order valence-corrected chi connectivity index (χ3v) is 2.46. The third-order valence-electron chi connectivity index (χ3n) is 2.46. The van der Waals surface area contributed by atoms with Gasteiger partial charge in [-0.25, -0.2) is 0 Å². The van der Waals surface area contributed by atoms with Gasteiger partial charge in [0.05, 0.1) is 6.61 Å². The Morgan fingerprint density at radius 2 is 2.06 bits per heavy atom. The Hall–Kier alpha value is -1.39. The van der Waals surface area contributed by atoms with Gasteiger partial charge in [-0.05, 0) is 12.5 Å². The molecule has 0 fully saturated rings. The van der Waals surface area contributed by atoms with Crippen molar-refractivity contribution in [3.63, 3.8) is 0 Å². The number of carbonyl (C=O) groups excluding carboxylic acids is 1. The maximum absolute atomic E-state index is 11.7. The molecular formula is C13H20N2O2. The molecule has 0 bridgehead atoms. The Morgan fingerprint density at radius 3 is 2.65 bits per heavy atom. The van der Waals surface area contributed by atoms with Gasteiger partial charge in [0.1, 0.15) is 0 Å². The summed E-state index contributed by atoms with van der Waals surface area (Å²) >= 11 is 0. The molecule has 2 unspecified atom stereocenters. The molecule has 0 heterocycles. The summed E-state index contributed by atoms with van der Waals surface area (Å²) in [6.45, 7) is 2.40. The summed E-state index contributed by atoms with van der Waals surface area (Å²) in [6, 6.07) is 9.37. The quantitative estimate of drug-likeness (QED) is 0.780. The molecule has 94 valence electrons. The van der Waals surface area contributed by atoms with E-state index in [1.54, 1.807) is 7.11 Å². The number of amides is 1. The number of hydrogen-bond donors (Lipinski definition) is 2. The Kier molecular flexibility index (Phi) is 5.66. The van der Waals surface area contributed by atoms with Crippen molar-refractivity contribution in [1.29, 1.82) is 0 Å². The lowest BCUT2D eigenvalue weighted by Crippen LogP contribution is -2.37. The molecule has 0 aromatic heterocycles. The lowest BCUT2D eigenvalue weighted by atomic mass is 10.0. The lowest BCUT2D eigenvalue weighted by Gasteiger charge is -2.15. The van der Waals surface area contributed by atoms with E-state index in [0.29, 0.717) is 6.61 Å². The fourth-order valence-corrected chi connectivity index (χ4v) is 1.64. The number of nitrogens with one attached hydrogen (secondary N) is 1. The van der Waals surface area contributed by atoms with E-state index in [2.05, 4.69) is 5.32 Å². The topological polar surface area (TPSA) is 64.3 Å². The number of hydrogen-bond acceptors (Lipinski definition) is 3. The van der Waals surface area contributed by atoms with E-state index < -0.39 is 0 Å². The fraction of sp³-hybridized carbons (Fsp3) is 0.462. The summed E-state index contributed by atoms with van der Waals surface area (Å²) in [6.07, 6.45) is 0.290. The zero-order valence-electron chi connectivity index (χ0n) is 10.3. The van der Waals surface area contributed by atoms with Crippen LogP contribution in [0.15, 0.2) is 30.3 Å². The van der Waals surface area contributed by atoms with Crippen LogP contribution in [-0.4, -0.2) is 25.7 Å². The Morgan fingerprint density at radius 1 is 1.41 bits per heavy atom. The van der Waals surface area contributed by atoms with Gasteiger partial charge < -0.3 is 15.8 Å². The number of carbonyl (C=O) groups is 1. The van der Waals surface area contributed by atoms with Crippen molar-refractivity contribution in [3.05, 3.63) is 35.9 Å². The van der Waals surface area contributed by atoms with Crippen LogP contribution in [0.25, 0.3) is 0 Å². The van der Waals surface area contributed by atoms with E-state index in [0.717, 1.165) is 5.56 Å². The fourth-order valence-electron chi connectivity index (χ4n) is 1.64. The van der Waals surface area contributed by atoms with E-state index in [4.69, 9.17) is 10.5 Å². The number of benzene rings is 1. The maximum atomic E-state index is 11.7. The molecule has 1 aromatic carbocycles. The van der Waals surface area contributed by atoms with Gasteiger partial charge in [-0.3, -0.25) is 4.79 Å². The molecule has 1 rings (SSSR count). The van der Waals surface area contributed by atoms with Crippen molar-refractivity contribution in [3.8, 4) is 0 Å². The van der Waals surface area contributed by atoms with Crippen molar-refractivity contribution < 1.29 is 9.53 Å². The summed E-state index contributed by atoms with van der Waals surface area (Å²) in [5.74, 6) is -0.0501. The molecule has 0 saturated carbocycles. The van der Waals surface area contributed by atoms with E-state index in [9.17, 15) is 4.79 Å². The van der Waals surface area contributed by atoms with Crippen LogP contribution in [-0.2, 0) is 9.53 Å². The molecule has 0 radical (unpaired) electrons. The highest BCUT2D eigenvalue weighted by atomic mass is 16.5. The van der Waals surface area contributed by atoms with Gasteiger partial charge in [0, 0.05) is 25.6 Å².